The first kappa shape index (κ1) is 11.7. The number of hydrogen-bond acceptors (Lipinski definition) is 4. The molecule has 0 saturated carbocycles. The van der Waals surface area contributed by atoms with Crippen LogP contribution in [0.4, 0.5) is 5.95 Å². The summed E-state index contributed by atoms with van der Waals surface area (Å²) in [5.74, 6) is 1.26. The Kier molecular flexibility index (Phi) is 2.93. The number of hydrogen-bond donors (Lipinski definition) is 1. The predicted octanol–water partition coefficient (Wildman–Crippen LogP) is 3.66. The number of nitrogen functional groups attached to an aromatic ring is 1. The Morgan fingerprint density at radius 1 is 1.00 bits per heavy atom. The molecular formula is C14H10ClN3O. The Labute approximate surface area is 114 Å². The van der Waals surface area contributed by atoms with Gasteiger partial charge in [-0.3, -0.25) is 0 Å². The highest BCUT2D eigenvalue weighted by Gasteiger charge is 2.07. The molecule has 0 radical (unpaired) electrons. The lowest BCUT2D eigenvalue weighted by molar-refractivity contribution is 0.468. The van der Waals surface area contributed by atoms with Crippen LogP contribution in [-0.2, 0) is 0 Å². The minimum atomic E-state index is 0.177. The minimum Gasteiger partial charge on any atom is -0.438 e. The molecule has 1 heterocycles. The predicted molar refractivity (Wildman–Crippen MR) is 75.5 cm³/mol. The quantitative estimate of drug-likeness (QED) is 0.773. The normalized spacial score (nSPS) is 10.6. The molecule has 0 aliphatic rings. The highest BCUT2D eigenvalue weighted by molar-refractivity contribution is 6.35. The van der Waals surface area contributed by atoms with Crippen molar-refractivity contribution in [2.45, 2.75) is 0 Å². The van der Waals surface area contributed by atoms with Gasteiger partial charge in [0.25, 0.3) is 0 Å². The number of ether oxygens (including phenoxy) is 1. The Balaban J connectivity index is 2.09. The van der Waals surface area contributed by atoms with E-state index in [9.17, 15) is 0 Å². The van der Waals surface area contributed by atoms with Crippen LogP contribution in [0.2, 0.25) is 5.02 Å². The molecule has 0 bridgehead atoms. The maximum atomic E-state index is 6.16. The van der Waals surface area contributed by atoms with E-state index >= 15 is 0 Å². The van der Waals surface area contributed by atoms with Gasteiger partial charge < -0.3 is 10.5 Å². The molecular weight excluding hydrogens is 262 g/mol. The molecule has 0 unspecified atom stereocenters. The van der Waals surface area contributed by atoms with Crippen LogP contribution in [0.5, 0.6) is 11.6 Å². The lowest BCUT2D eigenvalue weighted by atomic mass is 10.1. The van der Waals surface area contributed by atoms with Gasteiger partial charge in [-0.05, 0) is 12.1 Å². The van der Waals surface area contributed by atoms with Gasteiger partial charge in [-0.15, -0.1) is 0 Å². The fourth-order valence-electron chi connectivity index (χ4n) is 1.85. The van der Waals surface area contributed by atoms with Crippen LogP contribution in [0, 0.1) is 0 Å². The van der Waals surface area contributed by atoms with Crippen molar-refractivity contribution in [3.8, 4) is 11.6 Å². The molecule has 1 aromatic heterocycles. The molecule has 0 amide bonds. The number of nitrogens with zero attached hydrogens (tertiary/aromatic N) is 2. The van der Waals surface area contributed by atoms with Gasteiger partial charge in [-0.25, -0.2) is 4.98 Å². The fraction of sp³-hybridized carbons (Fsp3) is 0. The van der Waals surface area contributed by atoms with E-state index in [2.05, 4.69) is 9.97 Å². The molecule has 94 valence electrons. The second-order valence-electron chi connectivity index (χ2n) is 3.95. The first-order valence-corrected chi connectivity index (χ1v) is 6.05. The summed E-state index contributed by atoms with van der Waals surface area (Å²) in [6.07, 6.45) is 1.55. The number of fused-ring (bicyclic) bond motifs is 1. The van der Waals surface area contributed by atoms with Gasteiger partial charge in [0.05, 0.1) is 0 Å². The average Bonchev–Trinajstić information content (AvgIpc) is 2.42. The zero-order valence-corrected chi connectivity index (χ0v) is 10.6. The average molecular weight is 272 g/mol. The second kappa shape index (κ2) is 4.74. The summed E-state index contributed by atoms with van der Waals surface area (Å²) in [6, 6.07) is 13.0. The summed E-state index contributed by atoms with van der Waals surface area (Å²) in [6.45, 7) is 0. The summed E-state index contributed by atoms with van der Waals surface area (Å²) in [4.78, 5) is 7.83. The fourth-order valence-corrected chi connectivity index (χ4v) is 2.08. The Hall–Kier alpha value is -2.33. The zero-order valence-electron chi connectivity index (χ0n) is 9.88. The molecule has 0 saturated heterocycles. The van der Waals surface area contributed by atoms with Crippen LogP contribution in [0.25, 0.3) is 10.8 Å². The van der Waals surface area contributed by atoms with E-state index in [0.717, 1.165) is 10.8 Å². The van der Waals surface area contributed by atoms with Gasteiger partial charge in [0.1, 0.15) is 5.75 Å². The Morgan fingerprint density at radius 2 is 1.79 bits per heavy atom. The SMILES string of the molecule is Nc1nccc(Oc2ccc(Cl)c3ccccc23)n1. The van der Waals surface area contributed by atoms with Crippen LogP contribution < -0.4 is 10.5 Å². The van der Waals surface area contributed by atoms with Crippen molar-refractivity contribution in [2.75, 3.05) is 5.73 Å². The van der Waals surface area contributed by atoms with Gasteiger partial charge >= 0.3 is 0 Å². The largest absolute Gasteiger partial charge is 0.438 e. The van der Waals surface area contributed by atoms with Crippen LogP contribution >= 0.6 is 11.6 Å². The highest BCUT2D eigenvalue weighted by Crippen LogP contribution is 2.33. The molecule has 0 aliphatic heterocycles. The number of anilines is 1. The molecule has 19 heavy (non-hydrogen) atoms. The zero-order chi connectivity index (χ0) is 13.2. The van der Waals surface area contributed by atoms with Crippen LogP contribution in [0.15, 0.2) is 48.7 Å². The molecule has 2 aromatic carbocycles. The molecule has 2 N–H and O–H groups in total. The van der Waals surface area contributed by atoms with Gasteiger partial charge in [-0.1, -0.05) is 35.9 Å². The van der Waals surface area contributed by atoms with E-state index < -0.39 is 0 Å². The Bertz CT molecular complexity index is 746. The summed E-state index contributed by atoms with van der Waals surface area (Å²) in [7, 11) is 0. The van der Waals surface area contributed by atoms with E-state index in [-0.39, 0.29) is 5.95 Å². The maximum absolute atomic E-state index is 6.16. The molecule has 0 fully saturated rings. The smallest absolute Gasteiger partial charge is 0.224 e. The standard InChI is InChI=1S/C14H10ClN3O/c15-11-5-6-12(10-4-2-1-3-9(10)11)19-13-7-8-17-14(16)18-13/h1-8H,(H2,16,17,18). The lowest BCUT2D eigenvalue weighted by Gasteiger charge is -2.09. The molecule has 0 atom stereocenters. The van der Waals surface area contributed by atoms with E-state index in [4.69, 9.17) is 22.1 Å². The number of rotatable bonds is 2. The van der Waals surface area contributed by atoms with Crippen molar-refractivity contribution in [1.82, 2.24) is 9.97 Å². The lowest BCUT2D eigenvalue weighted by Crippen LogP contribution is -1.96. The third-order valence-electron chi connectivity index (χ3n) is 2.69. The van der Waals surface area contributed by atoms with E-state index in [0.29, 0.717) is 16.7 Å². The van der Waals surface area contributed by atoms with Crippen molar-refractivity contribution in [3.05, 3.63) is 53.7 Å². The summed E-state index contributed by atoms with van der Waals surface area (Å²) in [5, 5.41) is 2.54. The molecule has 0 spiro atoms. The summed E-state index contributed by atoms with van der Waals surface area (Å²) in [5.41, 5.74) is 5.53. The number of nitrogens with two attached hydrogens (primary N) is 1. The molecule has 5 heteroatoms. The summed E-state index contributed by atoms with van der Waals surface area (Å²) < 4.78 is 5.74. The number of halogens is 1. The number of aromatic nitrogens is 2. The molecule has 4 nitrogen and oxygen atoms in total. The van der Waals surface area contributed by atoms with E-state index in [1.807, 2.05) is 30.3 Å². The number of benzene rings is 2. The van der Waals surface area contributed by atoms with Crippen LogP contribution in [0.1, 0.15) is 0 Å². The van der Waals surface area contributed by atoms with Gasteiger partial charge in [0, 0.05) is 28.1 Å². The van der Waals surface area contributed by atoms with E-state index in [1.54, 1.807) is 18.3 Å². The first-order valence-electron chi connectivity index (χ1n) is 5.67. The van der Waals surface area contributed by atoms with Crippen molar-refractivity contribution in [3.63, 3.8) is 0 Å². The van der Waals surface area contributed by atoms with Crippen LogP contribution in [0.3, 0.4) is 0 Å². The Morgan fingerprint density at radius 3 is 2.58 bits per heavy atom. The van der Waals surface area contributed by atoms with Gasteiger partial charge in [0.15, 0.2) is 0 Å². The van der Waals surface area contributed by atoms with Crippen molar-refractivity contribution >= 4 is 28.3 Å². The topological polar surface area (TPSA) is 61.0 Å². The molecule has 3 rings (SSSR count). The second-order valence-corrected chi connectivity index (χ2v) is 4.35. The highest BCUT2D eigenvalue weighted by atomic mass is 35.5. The molecule has 0 aliphatic carbocycles. The van der Waals surface area contributed by atoms with Crippen molar-refractivity contribution in [2.24, 2.45) is 0 Å². The molecule has 3 aromatic rings. The third-order valence-corrected chi connectivity index (χ3v) is 3.02. The third kappa shape index (κ3) is 2.30. The minimum absolute atomic E-state index is 0.177. The van der Waals surface area contributed by atoms with Crippen molar-refractivity contribution in [1.29, 1.82) is 0 Å². The van der Waals surface area contributed by atoms with Gasteiger partial charge in [-0.2, -0.15) is 4.98 Å². The summed E-state index contributed by atoms with van der Waals surface area (Å²) >= 11 is 6.16. The maximum Gasteiger partial charge on any atom is 0.224 e. The van der Waals surface area contributed by atoms with E-state index in [1.165, 1.54) is 0 Å². The monoisotopic (exact) mass is 271 g/mol. The van der Waals surface area contributed by atoms with Crippen molar-refractivity contribution < 1.29 is 4.74 Å². The first-order chi connectivity index (χ1) is 9.24. The van der Waals surface area contributed by atoms with Crippen LogP contribution in [-0.4, -0.2) is 9.97 Å². The van der Waals surface area contributed by atoms with Gasteiger partial charge in [0.2, 0.25) is 11.8 Å².